The predicted molar refractivity (Wildman–Crippen MR) is 77.3 cm³/mol. The second kappa shape index (κ2) is 10.9. The van der Waals surface area contributed by atoms with Gasteiger partial charge in [0.25, 0.3) is 0 Å². The molecule has 0 bridgehead atoms. The van der Waals surface area contributed by atoms with Crippen molar-refractivity contribution < 1.29 is 4.79 Å². The Morgan fingerprint density at radius 1 is 1.24 bits per heavy atom. The van der Waals surface area contributed by atoms with Crippen LogP contribution >= 0.6 is 11.8 Å². The fraction of sp³-hybridized carbons (Fsp3) is 0.923. The topological polar surface area (TPSA) is 55.1 Å². The van der Waals surface area contributed by atoms with Crippen LogP contribution in [-0.4, -0.2) is 30.0 Å². The third-order valence-corrected chi connectivity index (χ3v) is 4.05. The van der Waals surface area contributed by atoms with Gasteiger partial charge in [0, 0.05) is 11.8 Å². The molecule has 3 N–H and O–H groups in total. The average molecular weight is 260 g/mol. The van der Waals surface area contributed by atoms with Crippen molar-refractivity contribution in [2.45, 2.75) is 63.7 Å². The van der Waals surface area contributed by atoms with Crippen molar-refractivity contribution in [1.29, 1.82) is 0 Å². The molecule has 0 rings (SSSR count). The number of nitrogens with two attached hydrogens (primary N) is 1. The summed E-state index contributed by atoms with van der Waals surface area (Å²) in [5.41, 5.74) is 5.82. The third kappa shape index (κ3) is 8.50. The fourth-order valence-electron chi connectivity index (χ4n) is 1.59. The van der Waals surface area contributed by atoms with Crippen LogP contribution in [0.25, 0.3) is 0 Å². The summed E-state index contributed by atoms with van der Waals surface area (Å²) in [7, 11) is 0. The zero-order valence-electron chi connectivity index (χ0n) is 11.5. The number of nitrogens with one attached hydrogen (secondary N) is 1. The molecule has 0 aromatic heterocycles. The summed E-state index contributed by atoms with van der Waals surface area (Å²) in [6, 6.07) is -0.384. The summed E-state index contributed by atoms with van der Waals surface area (Å²) in [5, 5.41) is 3.09. The number of rotatable bonds is 10. The third-order valence-electron chi connectivity index (χ3n) is 3.01. The standard InChI is InChI=1S/C13H28N2OS/c1-4-5-6-7-8-9-10-15-13(16)12(14)11(2)17-3/h11-12H,4-10,14H2,1-3H3,(H,15,16). The lowest BCUT2D eigenvalue weighted by Crippen LogP contribution is -2.46. The molecule has 2 atom stereocenters. The van der Waals surface area contributed by atoms with Gasteiger partial charge in [-0.05, 0) is 12.7 Å². The van der Waals surface area contributed by atoms with E-state index < -0.39 is 0 Å². The molecule has 102 valence electrons. The molecule has 0 saturated carbocycles. The molecule has 0 aliphatic rings. The summed E-state index contributed by atoms with van der Waals surface area (Å²) in [4.78, 5) is 11.6. The molecule has 17 heavy (non-hydrogen) atoms. The first-order valence-corrected chi connectivity index (χ1v) is 7.98. The first kappa shape index (κ1) is 16.8. The Hall–Kier alpha value is -0.220. The quantitative estimate of drug-likeness (QED) is 0.594. The van der Waals surface area contributed by atoms with Crippen molar-refractivity contribution in [2.24, 2.45) is 5.73 Å². The summed E-state index contributed by atoms with van der Waals surface area (Å²) >= 11 is 1.63. The predicted octanol–water partition coefficient (Wildman–Crippen LogP) is 2.54. The van der Waals surface area contributed by atoms with Gasteiger partial charge in [0.1, 0.15) is 0 Å². The highest BCUT2D eigenvalue weighted by Gasteiger charge is 2.18. The smallest absolute Gasteiger partial charge is 0.238 e. The molecule has 0 saturated heterocycles. The van der Waals surface area contributed by atoms with Crippen LogP contribution in [0.5, 0.6) is 0 Å². The molecule has 0 fully saturated rings. The molecule has 1 amide bonds. The van der Waals surface area contributed by atoms with E-state index in [1.807, 2.05) is 13.2 Å². The average Bonchev–Trinajstić information content (AvgIpc) is 2.35. The SMILES string of the molecule is CCCCCCCCNC(=O)C(N)C(C)SC. The van der Waals surface area contributed by atoms with Crippen LogP contribution in [0.15, 0.2) is 0 Å². The lowest BCUT2D eigenvalue weighted by Gasteiger charge is -2.17. The molecule has 0 aromatic carbocycles. The van der Waals surface area contributed by atoms with Crippen molar-refractivity contribution in [3.63, 3.8) is 0 Å². The van der Waals surface area contributed by atoms with Crippen molar-refractivity contribution in [3.8, 4) is 0 Å². The van der Waals surface area contributed by atoms with Gasteiger partial charge in [-0.25, -0.2) is 0 Å². The molecule has 2 unspecified atom stereocenters. The van der Waals surface area contributed by atoms with E-state index in [4.69, 9.17) is 5.73 Å². The maximum atomic E-state index is 11.6. The fourth-order valence-corrected chi connectivity index (χ4v) is 2.01. The minimum Gasteiger partial charge on any atom is -0.355 e. The molecule has 0 aliphatic carbocycles. The Bertz CT molecular complexity index is 200. The van der Waals surface area contributed by atoms with Gasteiger partial charge in [-0.2, -0.15) is 11.8 Å². The summed E-state index contributed by atoms with van der Waals surface area (Å²) in [6.07, 6.45) is 9.43. The number of unbranched alkanes of at least 4 members (excludes halogenated alkanes) is 5. The number of carbonyl (C=O) groups is 1. The second-order valence-electron chi connectivity index (χ2n) is 4.53. The molecule has 0 heterocycles. The van der Waals surface area contributed by atoms with E-state index in [9.17, 15) is 4.79 Å². The van der Waals surface area contributed by atoms with Crippen LogP contribution in [-0.2, 0) is 4.79 Å². The molecular formula is C13H28N2OS. The van der Waals surface area contributed by atoms with E-state index in [1.54, 1.807) is 11.8 Å². The number of hydrogen-bond donors (Lipinski definition) is 2. The highest BCUT2D eigenvalue weighted by molar-refractivity contribution is 7.99. The zero-order chi connectivity index (χ0) is 13.1. The van der Waals surface area contributed by atoms with Crippen molar-refractivity contribution in [2.75, 3.05) is 12.8 Å². The largest absolute Gasteiger partial charge is 0.355 e. The Morgan fingerprint density at radius 3 is 2.41 bits per heavy atom. The minimum absolute atomic E-state index is 0.0135. The highest BCUT2D eigenvalue weighted by atomic mass is 32.2. The van der Waals surface area contributed by atoms with E-state index in [-0.39, 0.29) is 17.2 Å². The lowest BCUT2D eigenvalue weighted by molar-refractivity contribution is -0.122. The van der Waals surface area contributed by atoms with Crippen LogP contribution in [0.3, 0.4) is 0 Å². The Balaban J connectivity index is 3.45. The zero-order valence-corrected chi connectivity index (χ0v) is 12.3. The second-order valence-corrected chi connectivity index (χ2v) is 5.74. The van der Waals surface area contributed by atoms with Crippen molar-refractivity contribution in [3.05, 3.63) is 0 Å². The molecule has 0 spiro atoms. The molecule has 0 radical (unpaired) electrons. The van der Waals surface area contributed by atoms with Crippen LogP contribution in [0.1, 0.15) is 52.4 Å². The normalized spacial score (nSPS) is 14.4. The van der Waals surface area contributed by atoms with Gasteiger partial charge < -0.3 is 11.1 Å². The maximum absolute atomic E-state index is 11.6. The number of carbonyl (C=O) groups excluding carboxylic acids is 1. The Kier molecular flexibility index (Phi) is 10.8. The van der Waals surface area contributed by atoms with E-state index in [2.05, 4.69) is 12.2 Å². The minimum atomic E-state index is -0.384. The Morgan fingerprint density at radius 2 is 1.82 bits per heavy atom. The number of hydrogen-bond acceptors (Lipinski definition) is 3. The van der Waals surface area contributed by atoms with Gasteiger partial charge in [0.2, 0.25) is 5.91 Å². The first-order valence-electron chi connectivity index (χ1n) is 6.69. The first-order chi connectivity index (χ1) is 8.13. The van der Waals surface area contributed by atoms with Crippen LogP contribution in [0.4, 0.5) is 0 Å². The molecule has 0 aromatic rings. The molecule has 4 heteroatoms. The van der Waals surface area contributed by atoms with E-state index in [1.165, 1.54) is 32.1 Å². The molecular weight excluding hydrogens is 232 g/mol. The van der Waals surface area contributed by atoms with Crippen LogP contribution in [0.2, 0.25) is 0 Å². The summed E-state index contributed by atoms with van der Waals surface area (Å²) in [6.45, 7) is 4.97. The van der Waals surface area contributed by atoms with Crippen LogP contribution < -0.4 is 11.1 Å². The Labute approximate surface area is 110 Å². The monoisotopic (exact) mass is 260 g/mol. The van der Waals surface area contributed by atoms with Gasteiger partial charge in [0.15, 0.2) is 0 Å². The summed E-state index contributed by atoms with van der Waals surface area (Å²) < 4.78 is 0. The van der Waals surface area contributed by atoms with Crippen molar-refractivity contribution >= 4 is 17.7 Å². The van der Waals surface area contributed by atoms with Gasteiger partial charge >= 0.3 is 0 Å². The van der Waals surface area contributed by atoms with Gasteiger partial charge in [-0.3, -0.25) is 4.79 Å². The van der Waals surface area contributed by atoms with Crippen molar-refractivity contribution in [1.82, 2.24) is 5.32 Å². The number of amides is 1. The molecule has 0 aliphatic heterocycles. The van der Waals surface area contributed by atoms with E-state index in [0.29, 0.717) is 0 Å². The maximum Gasteiger partial charge on any atom is 0.238 e. The number of thioether (sulfide) groups is 1. The van der Waals surface area contributed by atoms with Gasteiger partial charge in [-0.1, -0.05) is 46.0 Å². The highest BCUT2D eigenvalue weighted by Crippen LogP contribution is 2.08. The summed E-state index contributed by atoms with van der Waals surface area (Å²) in [5.74, 6) is -0.0135. The van der Waals surface area contributed by atoms with Gasteiger partial charge in [-0.15, -0.1) is 0 Å². The lowest BCUT2D eigenvalue weighted by atomic mass is 10.1. The van der Waals surface area contributed by atoms with Gasteiger partial charge in [0.05, 0.1) is 6.04 Å². The molecule has 3 nitrogen and oxygen atoms in total. The van der Waals surface area contributed by atoms with Crippen LogP contribution in [0, 0.1) is 0 Å². The van der Waals surface area contributed by atoms with E-state index in [0.717, 1.165) is 13.0 Å². The van der Waals surface area contributed by atoms with E-state index >= 15 is 0 Å².